The first-order valence-corrected chi connectivity index (χ1v) is 6.05. The van der Waals surface area contributed by atoms with Gasteiger partial charge in [0.25, 0.3) is 0 Å². The number of hydrogen-bond acceptors (Lipinski definition) is 3. The SMILES string of the molecule is Cc1cnc(CNC2CCc3ccccc32)o1. The first-order valence-electron chi connectivity index (χ1n) is 6.05. The minimum Gasteiger partial charge on any atom is -0.445 e. The Morgan fingerprint density at radius 1 is 1.41 bits per heavy atom. The molecule has 0 saturated carbocycles. The number of nitrogens with zero attached hydrogens (tertiary/aromatic N) is 1. The third kappa shape index (κ3) is 2.11. The Morgan fingerprint density at radius 3 is 3.12 bits per heavy atom. The normalized spacial score (nSPS) is 18.3. The number of nitrogens with one attached hydrogen (secondary N) is 1. The van der Waals surface area contributed by atoms with Crippen LogP contribution >= 0.6 is 0 Å². The highest BCUT2D eigenvalue weighted by Gasteiger charge is 2.21. The van der Waals surface area contributed by atoms with Gasteiger partial charge in [0.15, 0.2) is 0 Å². The van der Waals surface area contributed by atoms with E-state index < -0.39 is 0 Å². The number of aromatic nitrogens is 1. The van der Waals surface area contributed by atoms with Gasteiger partial charge in [-0.25, -0.2) is 4.98 Å². The third-order valence-electron chi connectivity index (χ3n) is 3.30. The molecule has 3 rings (SSSR count). The highest BCUT2D eigenvalue weighted by molar-refractivity contribution is 5.34. The fourth-order valence-corrected chi connectivity index (χ4v) is 2.46. The Morgan fingerprint density at radius 2 is 2.29 bits per heavy atom. The number of hydrogen-bond donors (Lipinski definition) is 1. The summed E-state index contributed by atoms with van der Waals surface area (Å²) in [6.45, 7) is 2.62. The molecular weight excluding hydrogens is 212 g/mol. The largest absolute Gasteiger partial charge is 0.445 e. The molecule has 1 unspecified atom stereocenters. The molecular formula is C14H16N2O. The minimum absolute atomic E-state index is 0.443. The molecule has 0 spiro atoms. The Hall–Kier alpha value is -1.61. The van der Waals surface area contributed by atoms with Crippen molar-refractivity contribution in [1.29, 1.82) is 0 Å². The molecule has 1 aliphatic carbocycles. The summed E-state index contributed by atoms with van der Waals surface area (Å²) in [5.41, 5.74) is 2.89. The van der Waals surface area contributed by atoms with Crippen molar-refractivity contribution in [3.05, 3.63) is 53.2 Å². The monoisotopic (exact) mass is 228 g/mol. The molecule has 17 heavy (non-hydrogen) atoms. The van der Waals surface area contributed by atoms with Crippen molar-refractivity contribution in [3.8, 4) is 0 Å². The van der Waals surface area contributed by atoms with Crippen molar-refractivity contribution >= 4 is 0 Å². The van der Waals surface area contributed by atoms with E-state index in [0.717, 1.165) is 11.7 Å². The second kappa shape index (κ2) is 4.34. The van der Waals surface area contributed by atoms with Crippen LogP contribution in [-0.4, -0.2) is 4.98 Å². The Balaban J connectivity index is 1.68. The van der Waals surface area contributed by atoms with Crippen molar-refractivity contribution < 1.29 is 4.42 Å². The number of benzene rings is 1. The van der Waals surface area contributed by atoms with Gasteiger partial charge >= 0.3 is 0 Å². The van der Waals surface area contributed by atoms with E-state index in [1.165, 1.54) is 24.0 Å². The van der Waals surface area contributed by atoms with Crippen LogP contribution < -0.4 is 5.32 Å². The maximum absolute atomic E-state index is 5.46. The van der Waals surface area contributed by atoms with Crippen molar-refractivity contribution in [3.63, 3.8) is 0 Å². The maximum Gasteiger partial charge on any atom is 0.208 e. The summed E-state index contributed by atoms with van der Waals surface area (Å²) < 4.78 is 5.46. The molecule has 1 atom stereocenters. The lowest BCUT2D eigenvalue weighted by molar-refractivity contribution is 0.423. The quantitative estimate of drug-likeness (QED) is 0.877. The van der Waals surface area contributed by atoms with Crippen molar-refractivity contribution in [1.82, 2.24) is 10.3 Å². The molecule has 1 aliphatic rings. The summed E-state index contributed by atoms with van der Waals surface area (Å²) in [7, 11) is 0. The topological polar surface area (TPSA) is 38.1 Å². The fourth-order valence-electron chi connectivity index (χ4n) is 2.46. The van der Waals surface area contributed by atoms with Gasteiger partial charge in [0, 0.05) is 6.04 Å². The van der Waals surface area contributed by atoms with Crippen LogP contribution in [0.3, 0.4) is 0 Å². The van der Waals surface area contributed by atoms with Gasteiger partial charge in [0.1, 0.15) is 5.76 Å². The zero-order valence-corrected chi connectivity index (χ0v) is 9.94. The molecule has 0 fully saturated rings. The summed E-state index contributed by atoms with van der Waals surface area (Å²) in [4.78, 5) is 4.20. The van der Waals surface area contributed by atoms with Gasteiger partial charge in [-0.15, -0.1) is 0 Å². The lowest BCUT2D eigenvalue weighted by atomic mass is 10.1. The highest BCUT2D eigenvalue weighted by atomic mass is 16.4. The van der Waals surface area contributed by atoms with Gasteiger partial charge in [0.2, 0.25) is 5.89 Å². The van der Waals surface area contributed by atoms with E-state index in [1.807, 2.05) is 6.92 Å². The molecule has 0 radical (unpaired) electrons. The van der Waals surface area contributed by atoms with Gasteiger partial charge in [0.05, 0.1) is 12.7 Å². The van der Waals surface area contributed by atoms with E-state index in [1.54, 1.807) is 6.20 Å². The second-order valence-electron chi connectivity index (χ2n) is 4.54. The van der Waals surface area contributed by atoms with E-state index in [0.29, 0.717) is 12.6 Å². The zero-order valence-electron chi connectivity index (χ0n) is 9.94. The second-order valence-corrected chi connectivity index (χ2v) is 4.54. The summed E-state index contributed by atoms with van der Waals surface area (Å²) >= 11 is 0. The average Bonchev–Trinajstić information content (AvgIpc) is 2.93. The maximum atomic E-state index is 5.46. The number of fused-ring (bicyclic) bond motifs is 1. The van der Waals surface area contributed by atoms with E-state index >= 15 is 0 Å². The van der Waals surface area contributed by atoms with Crippen LogP contribution in [0.2, 0.25) is 0 Å². The standard InChI is InChI=1S/C14H16N2O/c1-10-8-16-14(17-10)9-15-13-7-6-11-4-2-3-5-12(11)13/h2-5,8,13,15H,6-7,9H2,1H3. The first-order chi connectivity index (χ1) is 8.33. The van der Waals surface area contributed by atoms with Crippen LogP contribution in [0.5, 0.6) is 0 Å². The molecule has 3 nitrogen and oxygen atoms in total. The highest BCUT2D eigenvalue weighted by Crippen LogP contribution is 2.30. The van der Waals surface area contributed by atoms with Gasteiger partial charge in [-0.2, -0.15) is 0 Å². The van der Waals surface area contributed by atoms with E-state index in [2.05, 4.69) is 34.6 Å². The van der Waals surface area contributed by atoms with E-state index in [9.17, 15) is 0 Å². The van der Waals surface area contributed by atoms with Crippen LogP contribution in [0.25, 0.3) is 0 Å². The molecule has 1 aromatic heterocycles. The molecule has 1 N–H and O–H groups in total. The van der Waals surface area contributed by atoms with Gasteiger partial charge in [-0.1, -0.05) is 24.3 Å². The molecule has 3 heteroatoms. The lowest BCUT2D eigenvalue weighted by Crippen LogP contribution is -2.18. The molecule has 1 aromatic carbocycles. The summed E-state index contributed by atoms with van der Waals surface area (Å²) in [5.74, 6) is 1.64. The zero-order chi connectivity index (χ0) is 11.7. The minimum atomic E-state index is 0.443. The molecule has 0 aliphatic heterocycles. The summed E-state index contributed by atoms with van der Waals surface area (Å²) in [5, 5.41) is 3.51. The molecule has 0 bridgehead atoms. The van der Waals surface area contributed by atoms with Gasteiger partial charge in [-0.3, -0.25) is 0 Å². The van der Waals surface area contributed by atoms with Crippen LogP contribution in [0.1, 0.15) is 35.2 Å². The molecule has 1 heterocycles. The Labute approximate surface area is 101 Å². The Bertz CT molecular complexity index is 518. The smallest absolute Gasteiger partial charge is 0.208 e. The Kier molecular flexibility index (Phi) is 2.69. The molecule has 0 amide bonds. The van der Waals surface area contributed by atoms with Crippen LogP contribution in [-0.2, 0) is 13.0 Å². The predicted octanol–water partition coefficient (Wildman–Crippen LogP) is 2.76. The fraction of sp³-hybridized carbons (Fsp3) is 0.357. The number of aryl methyl sites for hydroxylation is 2. The number of oxazole rings is 1. The van der Waals surface area contributed by atoms with Crippen molar-refractivity contribution in [2.24, 2.45) is 0 Å². The van der Waals surface area contributed by atoms with E-state index in [-0.39, 0.29) is 0 Å². The third-order valence-corrected chi connectivity index (χ3v) is 3.30. The van der Waals surface area contributed by atoms with Crippen LogP contribution in [0.4, 0.5) is 0 Å². The average molecular weight is 228 g/mol. The molecule has 88 valence electrons. The van der Waals surface area contributed by atoms with Crippen molar-refractivity contribution in [2.75, 3.05) is 0 Å². The summed E-state index contributed by atoms with van der Waals surface area (Å²) in [6, 6.07) is 9.08. The number of rotatable bonds is 3. The molecule has 0 saturated heterocycles. The van der Waals surface area contributed by atoms with Gasteiger partial charge in [-0.05, 0) is 30.9 Å². The first kappa shape index (κ1) is 10.5. The molecule has 2 aromatic rings. The van der Waals surface area contributed by atoms with E-state index in [4.69, 9.17) is 4.42 Å². The van der Waals surface area contributed by atoms with Gasteiger partial charge < -0.3 is 9.73 Å². The predicted molar refractivity (Wildman–Crippen MR) is 65.6 cm³/mol. The van der Waals surface area contributed by atoms with Crippen LogP contribution in [0, 0.1) is 6.92 Å². The van der Waals surface area contributed by atoms with Crippen LogP contribution in [0.15, 0.2) is 34.9 Å². The lowest BCUT2D eigenvalue weighted by Gasteiger charge is -2.12. The van der Waals surface area contributed by atoms with Crippen molar-refractivity contribution in [2.45, 2.75) is 32.4 Å². The summed E-state index contributed by atoms with van der Waals surface area (Å²) in [6.07, 6.45) is 4.09.